The van der Waals surface area contributed by atoms with Crippen molar-refractivity contribution in [2.24, 2.45) is 0 Å². The van der Waals surface area contributed by atoms with E-state index in [0.29, 0.717) is 55.4 Å². The van der Waals surface area contributed by atoms with Crippen molar-refractivity contribution in [1.29, 1.82) is 5.41 Å². The molecule has 2 aromatic rings. The average Bonchev–Trinajstić information content (AvgIpc) is 3.01. The Labute approximate surface area is 231 Å². The van der Waals surface area contributed by atoms with Crippen molar-refractivity contribution >= 4 is 17.3 Å². The Morgan fingerprint density at radius 1 is 1.07 bits per heavy atom. The summed E-state index contributed by atoms with van der Waals surface area (Å²) in [5, 5.41) is 28.7. The highest BCUT2D eigenvalue weighted by Crippen LogP contribution is 2.34. The van der Waals surface area contributed by atoms with Crippen molar-refractivity contribution in [2.75, 3.05) is 13.1 Å². The summed E-state index contributed by atoms with van der Waals surface area (Å²) in [6, 6.07) is 11.3. The number of piperidine rings is 1. The zero-order valence-electron chi connectivity index (χ0n) is 22.5. The topological polar surface area (TPSA) is 93.9 Å². The number of ether oxygens (including phenoxy) is 1. The maximum absolute atomic E-state index is 14.3. The number of benzene rings is 2. The van der Waals surface area contributed by atoms with E-state index in [0.717, 1.165) is 11.6 Å². The molecule has 1 atom stereocenters. The minimum Gasteiger partial charge on any atom is -0.491 e. The van der Waals surface area contributed by atoms with Crippen molar-refractivity contribution < 1.29 is 32.9 Å². The SMILES string of the molecule is CC(C)Oc1ccc(C2=CC(F)C=C(F)C(F)=C2)c(CN2CCC(O)(CC(=N)c3ccc(C(=O)O)cc3)CC2)c1. The van der Waals surface area contributed by atoms with Crippen LogP contribution in [0.15, 0.2) is 72.3 Å². The number of nitrogens with one attached hydrogen (secondary N) is 1. The minimum atomic E-state index is -1.78. The summed E-state index contributed by atoms with van der Waals surface area (Å²) in [4.78, 5) is 13.2. The van der Waals surface area contributed by atoms with E-state index in [1.807, 2.05) is 19.9 Å². The van der Waals surface area contributed by atoms with Gasteiger partial charge in [0.2, 0.25) is 0 Å². The van der Waals surface area contributed by atoms with E-state index < -0.39 is 29.4 Å². The fourth-order valence-electron chi connectivity index (χ4n) is 4.98. The molecule has 1 saturated heterocycles. The number of aliphatic hydroxyl groups is 1. The molecule has 40 heavy (non-hydrogen) atoms. The summed E-state index contributed by atoms with van der Waals surface area (Å²) < 4.78 is 48.2. The van der Waals surface area contributed by atoms with E-state index in [-0.39, 0.29) is 29.4 Å². The molecule has 0 bridgehead atoms. The largest absolute Gasteiger partial charge is 0.491 e. The van der Waals surface area contributed by atoms with Gasteiger partial charge in [-0.3, -0.25) is 4.90 Å². The second-order valence-electron chi connectivity index (χ2n) is 10.6. The van der Waals surface area contributed by atoms with E-state index >= 15 is 0 Å². The molecule has 0 radical (unpaired) electrons. The van der Waals surface area contributed by atoms with Gasteiger partial charge in [-0.1, -0.05) is 18.2 Å². The lowest BCUT2D eigenvalue weighted by atomic mass is 9.84. The lowest BCUT2D eigenvalue weighted by molar-refractivity contribution is -0.0170. The highest BCUT2D eigenvalue weighted by atomic mass is 19.2. The molecule has 0 aromatic heterocycles. The Morgan fingerprint density at radius 2 is 1.73 bits per heavy atom. The van der Waals surface area contributed by atoms with Crippen LogP contribution in [0.4, 0.5) is 13.2 Å². The van der Waals surface area contributed by atoms with Crippen LogP contribution in [0.2, 0.25) is 0 Å². The predicted octanol–water partition coefficient (Wildman–Crippen LogP) is 6.40. The summed E-state index contributed by atoms with van der Waals surface area (Å²) in [6.45, 7) is 5.23. The molecule has 0 amide bonds. The maximum atomic E-state index is 14.3. The second kappa shape index (κ2) is 12.2. The molecule has 212 valence electrons. The zero-order chi connectivity index (χ0) is 29.0. The number of nitrogens with zero attached hydrogens (tertiary/aromatic N) is 1. The first-order chi connectivity index (χ1) is 18.9. The van der Waals surface area contributed by atoms with Gasteiger partial charge in [0.1, 0.15) is 11.9 Å². The maximum Gasteiger partial charge on any atom is 0.335 e. The summed E-state index contributed by atoms with van der Waals surface area (Å²) >= 11 is 0. The van der Waals surface area contributed by atoms with E-state index in [1.165, 1.54) is 18.2 Å². The molecule has 2 aromatic carbocycles. The molecular formula is C31H33F3N2O4. The number of carboxylic acid groups (broad SMARTS) is 1. The number of rotatable bonds is 9. The molecular weight excluding hydrogens is 521 g/mol. The summed E-state index contributed by atoms with van der Waals surface area (Å²) in [7, 11) is 0. The molecule has 1 aliphatic heterocycles. The number of likely N-dealkylation sites (tertiary alicyclic amines) is 1. The first-order valence-corrected chi connectivity index (χ1v) is 13.2. The highest BCUT2D eigenvalue weighted by molar-refractivity contribution is 5.99. The number of hydrogen-bond donors (Lipinski definition) is 3. The van der Waals surface area contributed by atoms with Gasteiger partial charge in [-0.2, -0.15) is 0 Å². The number of hydrogen-bond acceptors (Lipinski definition) is 5. The van der Waals surface area contributed by atoms with Crippen molar-refractivity contribution in [3.05, 3.63) is 94.6 Å². The van der Waals surface area contributed by atoms with Crippen LogP contribution >= 0.6 is 0 Å². The molecule has 2 aliphatic rings. The third-order valence-electron chi connectivity index (χ3n) is 7.08. The fraction of sp³-hybridized carbons (Fsp3) is 0.355. The standard InChI is InChI=1S/C31H33F3N2O4/c1-19(2)40-25-7-8-26(22-13-24(32)16-28(34)27(33)15-22)23(14-25)18-36-11-9-31(39,10-12-36)17-29(35)20-3-5-21(6-4-20)30(37)38/h3-8,13-16,19,24,35,39H,9-12,17-18H2,1-2H3,(H,37,38). The monoisotopic (exact) mass is 554 g/mol. The number of alkyl halides is 1. The number of carboxylic acids is 1. The predicted molar refractivity (Wildman–Crippen MR) is 148 cm³/mol. The van der Waals surface area contributed by atoms with Crippen molar-refractivity contribution in [3.63, 3.8) is 0 Å². The summed E-state index contributed by atoms with van der Waals surface area (Å²) in [5.74, 6) is -2.82. The van der Waals surface area contributed by atoms with E-state index in [2.05, 4.69) is 4.90 Å². The molecule has 9 heteroatoms. The Bertz CT molecular complexity index is 1360. The molecule has 0 saturated carbocycles. The lowest BCUT2D eigenvalue weighted by Crippen LogP contribution is -2.45. The third-order valence-corrected chi connectivity index (χ3v) is 7.08. The molecule has 3 N–H and O–H groups in total. The van der Waals surface area contributed by atoms with Gasteiger partial charge in [-0.25, -0.2) is 18.0 Å². The van der Waals surface area contributed by atoms with Crippen LogP contribution in [0.3, 0.4) is 0 Å². The van der Waals surface area contributed by atoms with Crippen LogP contribution in [0.25, 0.3) is 5.57 Å². The third kappa shape index (κ3) is 7.28. The van der Waals surface area contributed by atoms with Crippen LogP contribution in [-0.2, 0) is 6.54 Å². The molecule has 0 spiro atoms. The van der Waals surface area contributed by atoms with Crippen LogP contribution in [-0.4, -0.2) is 57.8 Å². The first kappa shape index (κ1) is 29.3. The summed E-state index contributed by atoms with van der Waals surface area (Å²) in [5.41, 5.74) is 1.36. The number of aromatic carboxylic acids is 1. The number of allylic oxidation sites excluding steroid dienone is 6. The molecule has 1 unspecified atom stereocenters. The van der Waals surface area contributed by atoms with Gasteiger partial charge in [0.25, 0.3) is 0 Å². The Morgan fingerprint density at radius 3 is 2.35 bits per heavy atom. The lowest BCUT2D eigenvalue weighted by Gasteiger charge is -2.38. The van der Waals surface area contributed by atoms with Gasteiger partial charge >= 0.3 is 5.97 Å². The average molecular weight is 555 g/mol. The van der Waals surface area contributed by atoms with Gasteiger partial charge < -0.3 is 20.4 Å². The van der Waals surface area contributed by atoms with Crippen molar-refractivity contribution in [1.82, 2.24) is 4.90 Å². The minimum absolute atomic E-state index is 0.0812. The van der Waals surface area contributed by atoms with Gasteiger partial charge in [0.05, 0.1) is 17.3 Å². The van der Waals surface area contributed by atoms with Gasteiger partial charge in [-0.05, 0) is 91.4 Å². The molecule has 1 fully saturated rings. The zero-order valence-corrected chi connectivity index (χ0v) is 22.5. The van der Waals surface area contributed by atoms with Crippen LogP contribution in [0.1, 0.15) is 60.2 Å². The van der Waals surface area contributed by atoms with E-state index in [9.17, 15) is 23.1 Å². The highest BCUT2D eigenvalue weighted by Gasteiger charge is 2.34. The molecule has 1 heterocycles. The Hall–Kier alpha value is -3.69. The van der Waals surface area contributed by atoms with E-state index in [1.54, 1.807) is 24.3 Å². The quantitative estimate of drug-likeness (QED) is 0.312. The Balaban J connectivity index is 1.48. The van der Waals surface area contributed by atoms with Gasteiger partial charge in [0, 0.05) is 31.8 Å². The molecule has 1 aliphatic carbocycles. The van der Waals surface area contributed by atoms with Gasteiger partial charge in [-0.15, -0.1) is 0 Å². The normalized spacial score (nSPS) is 19.4. The number of halogens is 3. The number of carbonyl (C=O) groups is 1. The Kier molecular flexibility index (Phi) is 8.95. The molecule has 4 rings (SSSR count). The van der Waals surface area contributed by atoms with E-state index in [4.69, 9.17) is 15.3 Å². The van der Waals surface area contributed by atoms with Gasteiger partial charge in [0.15, 0.2) is 11.7 Å². The van der Waals surface area contributed by atoms with Crippen LogP contribution < -0.4 is 4.74 Å². The molecule has 6 nitrogen and oxygen atoms in total. The van der Waals surface area contributed by atoms with Crippen LogP contribution in [0, 0.1) is 5.41 Å². The van der Waals surface area contributed by atoms with Crippen molar-refractivity contribution in [3.8, 4) is 5.75 Å². The smallest absolute Gasteiger partial charge is 0.335 e. The first-order valence-electron chi connectivity index (χ1n) is 13.2. The second-order valence-corrected chi connectivity index (χ2v) is 10.6. The fourth-order valence-corrected chi connectivity index (χ4v) is 4.98. The summed E-state index contributed by atoms with van der Waals surface area (Å²) in [6.07, 6.45) is 1.84. The van der Waals surface area contributed by atoms with Crippen LogP contribution in [0.5, 0.6) is 5.75 Å². The van der Waals surface area contributed by atoms with Crippen molar-refractivity contribution in [2.45, 2.75) is 57.5 Å².